The van der Waals surface area contributed by atoms with Crippen molar-refractivity contribution in [3.63, 3.8) is 0 Å². The zero-order valence-electron chi connectivity index (χ0n) is 14.3. The molecule has 0 amide bonds. The van der Waals surface area contributed by atoms with Gasteiger partial charge in [-0.3, -0.25) is 0 Å². The van der Waals surface area contributed by atoms with Gasteiger partial charge < -0.3 is 15.0 Å². The molecule has 0 spiro atoms. The molecule has 1 aliphatic heterocycles. The quantitative estimate of drug-likeness (QED) is 0.696. The zero-order valence-corrected chi connectivity index (χ0v) is 14.3. The van der Waals surface area contributed by atoms with E-state index in [4.69, 9.17) is 4.74 Å². The zero-order chi connectivity index (χ0) is 15.0. The van der Waals surface area contributed by atoms with Crippen LogP contribution in [0.15, 0.2) is 0 Å². The summed E-state index contributed by atoms with van der Waals surface area (Å²) in [6.07, 6.45) is 10.9. The highest BCUT2D eigenvalue weighted by atomic mass is 16.5. The Morgan fingerprint density at radius 2 is 1.86 bits per heavy atom. The Balaban J connectivity index is 1.81. The first-order valence-electron chi connectivity index (χ1n) is 9.21. The second-order valence-corrected chi connectivity index (χ2v) is 7.49. The molecule has 0 bridgehead atoms. The van der Waals surface area contributed by atoms with E-state index in [0.717, 1.165) is 19.1 Å². The molecule has 0 aromatic heterocycles. The Kier molecular flexibility index (Phi) is 7.48. The maximum Gasteiger partial charge on any atom is 0.0469 e. The van der Waals surface area contributed by atoms with E-state index >= 15 is 0 Å². The molecule has 124 valence electrons. The maximum absolute atomic E-state index is 5.49. The molecular weight excluding hydrogens is 260 g/mol. The normalized spacial score (nSPS) is 23.6. The van der Waals surface area contributed by atoms with Crippen LogP contribution in [0.2, 0.25) is 0 Å². The molecule has 21 heavy (non-hydrogen) atoms. The second kappa shape index (κ2) is 9.12. The fourth-order valence-corrected chi connectivity index (χ4v) is 4.23. The van der Waals surface area contributed by atoms with E-state index < -0.39 is 0 Å². The molecule has 1 N–H and O–H groups in total. The van der Waals surface area contributed by atoms with Crippen LogP contribution >= 0.6 is 0 Å². The summed E-state index contributed by atoms with van der Waals surface area (Å²) in [5.74, 6) is 0.855. The molecule has 2 aliphatic rings. The lowest BCUT2D eigenvalue weighted by molar-refractivity contribution is 0.0446. The molecule has 2 fully saturated rings. The number of ether oxygens (including phenoxy) is 1. The molecule has 0 atom stereocenters. The first-order valence-corrected chi connectivity index (χ1v) is 9.21. The molecule has 0 unspecified atom stereocenters. The predicted octanol–water partition coefficient (Wildman–Crippen LogP) is 3.29. The van der Waals surface area contributed by atoms with Crippen molar-refractivity contribution in [2.24, 2.45) is 11.3 Å². The summed E-state index contributed by atoms with van der Waals surface area (Å²) in [5, 5.41) is 3.71. The van der Waals surface area contributed by atoms with Crippen LogP contribution in [-0.4, -0.2) is 51.3 Å². The summed E-state index contributed by atoms with van der Waals surface area (Å²) in [6, 6.07) is 0. The Hall–Kier alpha value is -0.120. The van der Waals surface area contributed by atoms with Crippen LogP contribution in [0.3, 0.4) is 0 Å². The van der Waals surface area contributed by atoms with Crippen molar-refractivity contribution in [1.29, 1.82) is 0 Å². The SMILES string of the molecule is CCCNCC1(CN(C)CC2CCOCC2)CCCCC1. The van der Waals surface area contributed by atoms with Crippen LogP contribution in [-0.2, 0) is 4.74 Å². The molecule has 2 rings (SSSR count). The van der Waals surface area contributed by atoms with Crippen molar-refractivity contribution < 1.29 is 4.74 Å². The lowest BCUT2D eigenvalue weighted by atomic mass is 9.73. The van der Waals surface area contributed by atoms with Crippen molar-refractivity contribution in [2.45, 2.75) is 58.3 Å². The third-order valence-electron chi connectivity index (χ3n) is 5.36. The highest BCUT2D eigenvalue weighted by Gasteiger charge is 2.33. The summed E-state index contributed by atoms with van der Waals surface area (Å²) < 4.78 is 5.49. The summed E-state index contributed by atoms with van der Waals surface area (Å²) in [7, 11) is 2.34. The minimum Gasteiger partial charge on any atom is -0.381 e. The second-order valence-electron chi connectivity index (χ2n) is 7.49. The molecular formula is C18H36N2O. The van der Waals surface area contributed by atoms with Crippen LogP contribution in [0.1, 0.15) is 58.3 Å². The van der Waals surface area contributed by atoms with Crippen LogP contribution in [0, 0.1) is 11.3 Å². The summed E-state index contributed by atoms with van der Waals surface area (Å²) in [4.78, 5) is 2.62. The van der Waals surface area contributed by atoms with Gasteiger partial charge in [0.1, 0.15) is 0 Å². The van der Waals surface area contributed by atoms with Gasteiger partial charge in [-0.2, -0.15) is 0 Å². The van der Waals surface area contributed by atoms with Crippen molar-refractivity contribution in [3.8, 4) is 0 Å². The fraction of sp³-hybridized carbons (Fsp3) is 1.00. The van der Waals surface area contributed by atoms with Gasteiger partial charge in [0.15, 0.2) is 0 Å². The van der Waals surface area contributed by atoms with E-state index in [1.54, 1.807) is 0 Å². The van der Waals surface area contributed by atoms with Gasteiger partial charge in [-0.1, -0.05) is 26.2 Å². The molecule has 3 nitrogen and oxygen atoms in total. The molecule has 1 aliphatic carbocycles. The minimum absolute atomic E-state index is 0.535. The average molecular weight is 296 g/mol. The van der Waals surface area contributed by atoms with Crippen LogP contribution in [0.4, 0.5) is 0 Å². The average Bonchev–Trinajstić information content (AvgIpc) is 2.49. The minimum atomic E-state index is 0.535. The third kappa shape index (κ3) is 5.88. The van der Waals surface area contributed by atoms with E-state index in [2.05, 4.69) is 24.2 Å². The van der Waals surface area contributed by atoms with Crippen LogP contribution < -0.4 is 5.32 Å². The van der Waals surface area contributed by atoms with Crippen LogP contribution in [0.5, 0.6) is 0 Å². The van der Waals surface area contributed by atoms with Gasteiger partial charge in [-0.05, 0) is 57.0 Å². The largest absolute Gasteiger partial charge is 0.381 e. The Labute approximate surface area is 131 Å². The number of nitrogens with zero attached hydrogens (tertiary/aromatic N) is 1. The Bertz CT molecular complexity index is 270. The van der Waals surface area contributed by atoms with Gasteiger partial charge in [0, 0.05) is 32.8 Å². The molecule has 0 radical (unpaired) electrons. The van der Waals surface area contributed by atoms with E-state index in [1.807, 2.05) is 0 Å². The van der Waals surface area contributed by atoms with Crippen molar-refractivity contribution in [3.05, 3.63) is 0 Å². The first-order chi connectivity index (χ1) is 10.2. The van der Waals surface area contributed by atoms with E-state index in [9.17, 15) is 0 Å². The molecule has 0 aromatic carbocycles. The number of hydrogen-bond acceptors (Lipinski definition) is 3. The summed E-state index contributed by atoms with van der Waals surface area (Å²) in [5.41, 5.74) is 0.535. The summed E-state index contributed by atoms with van der Waals surface area (Å²) >= 11 is 0. The standard InChI is InChI=1S/C18H36N2O/c1-3-11-19-15-18(9-5-4-6-10-18)16-20(2)14-17-7-12-21-13-8-17/h17,19H,3-16H2,1-2H3. The van der Waals surface area contributed by atoms with Crippen molar-refractivity contribution in [2.75, 3.05) is 46.4 Å². The predicted molar refractivity (Wildman–Crippen MR) is 89.7 cm³/mol. The van der Waals surface area contributed by atoms with Crippen molar-refractivity contribution in [1.82, 2.24) is 10.2 Å². The molecule has 3 heteroatoms. The van der Waals surface area contributed by atoms with E-state index in [1.165, 1.54) is 77.5 Å². The highest BCUT2D eigenvalue weighted by molar-refractivity contribution is 4.87. The number of rotatable bonds is 8. The van der Waals surface area contributed by atoms with Gasteiger partial charge in [0.25, 0.3) is 0 Å². The summed E-state index contributed by atoms with van der Waals surface area (Å²) in [6.45, 7) is 9.14. The van der Waals surface area contributed by atoms with Gasteiger partial charge in [0.05, 0.1) is 0 Å². The number of nitrogens with one attached hydrogen (secondary N) is 1. The topological polar surface area (TPSA) is 24.5 Å². The van der Waals surface area contributed by atoms with E-state index in [0.29, 0.717) is 5.41 Å². The molecule has 1 heterocycles. The van der Waals surface area contributed by atoms with E-state index in [-0.39, 0.29) is 0 Å². The van der Waals surface area contributed by atoms with Gasteiger partial charge in [-0.15, -0.1) is 0 Å². The first kappa shape index (κ1) is 17.2. The maximum atomic E-state index is 5.49. The Morgan fingerprint density at radius 3 is 2.52 bits per heavy atom. The third-order valence-corrected chi connectivity index (χ3v) is 5.36. The smallest absolute Gasteiger partial charge is 0.0469 e. The monoisotopic (exact) mass is 296 g/mol. The van der Waals surface area contributed by atoms with Gasteiger partial charge in [-0.25, -0.2) is 0 Å². The molecule has 1 saturated carbocycles. The Morgan fingerprint density at radius 1 is 1.14 bits per heavy atom. The molecule has 1 saturated heterocycles. The van der Waals surface area contributed by atoms with Gasteiger partial charge in [0.2, 0.25) is 0 Å². The van der Waals surface area contributed by atoms with Crippen molar-refractivity contribution >= 4 is 0 Å². The highest BCUT2D eigenvalue weighted by Crippen LogP contribution is 2.36. The molecule has 0 aromatic rings. The fourth-order valence-electron chi connectivity index (χ4n) is 4.23. The number of hydrogen-bond donors (Lipinski definition) is 1. The van der Waals surface area contributed by atoms with Gasteiger partial charge >= 0.3 is 0 Å². The van der Waals surface area contributed by atoms with Crippen LogP contribution in [0.25, 0.3) is 0 Å². The lowest BCUT2D eigenvalue weighted by Gasteiger charge is -2.41. The lowest BCUT2D eigenvalue weighted by Crippen LogP contribution is -2.45.